The third-order valence-corrected chi connectivity index (χ3v) is 5.98. The summed E-state index contributed by atoms with van der Waals surface area (Å²) in [6, 6.07) is 7.90. The molecule has 1 aromatic carbocycles. The fraction of sp³-hybridized carbons (Fsp3) is 0.294. The van der Waals surface area contributed by atoms with Crippen molar-refractivity contribution in [2.45, 2.75) is 23.4 Å². The predicted molar refractivity (Wildman–Crippen MR) is 95.9 cm³/mol. The van der Waals surface area contributed by atoms with Gasteiger partial charge in [-0.05, 0) is 25.6 Å². The van der Waals surface area contributed by atoms with Crippen molar-refractivity contribution in [2.75, 3.05) is 13.6 Å². The molecule has 0 saturated carbocycles. The van der Waals surface area contributed by atoms with Crippen molar-refractivity contribution in [3.8, 4) is 11.5 Å². The summed E-state index contributed by atoms with van der Waals surface area (Å²) in [5.41, 5.74) is 0.523. The summed E-state index contributed by atoms with van der Waals surface area (Å²) in [6.45, 7) is 0.541. The molecule has 140 valence electrons. The van der Waals surface area contributed by atoms with Gasteiger partial charge >= 0.3 is 0 Å². The molecule has 0 spiro atoms. The van der Waals surface area contributed by atoms with Gasteiger partial charge in [-0.2, -0.15) is 4.98 Å². The Hall–Kier alpha value is -2.69. The van der Waals surface area contributed by atoms with Gasteiger partial charge in [0.25, 0.3) is 0 Å². The quantitative estimate of drug-likeness (QED) is 0.697. The molecule has 0 radical (unpaired) electrons. The van der Waals surface area contributed by atoms with Crippen LogP contribution < -0.4 is 4.72 Å². The molecule has 3 aromatic rings. The maximum Gasteiger partial charge on any atom is 0.244 e. The third-order valence-electron chi connectivity index (χ3n) is 4.44. The highest BCUT2D eigenvalue weighted by Gasteiger charge is 2.36. The van der Waals surface area contributed by atoms with Crippen LogP contribution in [0.25, 0.3) is 11.5 Å². The van der Waals surface area contributed by atoms with Crippen LogP contribution in [0.15, 0.2) is 58.3 Å². The van der Waals surface area contributed by atoms with Gasteiger partial charge in [-0.1, -0.05) is 23.4 Å². The van der Waals surface area contributed by atoms with E-state index >= 15 is 0 Å². The standard InChI is InChI=1S/C17H18N6O3S/c1-23-11-12(22-27(24,25)13-5-3-2-4-6-13)9-15(23)17-20-16(21-26-17)14-10-18-7-8-19-14/h2-8,10,12,15,22H,9,11H2,1H3/t12-,15-/m0/s1. The number of likely N-dealkylation sites (N-methyl/N-ethyl adjacent to an activating group) is 1. The Morgan fingerprint density at radius 2 is 2.04 bits per heavy atom. The van der Waals surface area contributed by atoms with E-state index in [1.807, 2.05) is 11.9 Å². The first-order valence-corrected chi connectivity index (χ1v) is 9.89. The van der Waals surface area contributed by atoms with Crippen LogP contribution in [0, 0.1) is 0 Å². The van der Waals surface area contributed by atoms with E-state index in [4.69, 9.17) is 4.52 Å². The van der Waals surface area contributed by atoms with E-state index in [1.54, 1.807) is 48.9 Å². The molecule has 3 heterocycles. The smallest absolute Gasteiger partial charge is 0.244 e. The minimum Gasteiger partial charge on any atom is -0.337 e. The molecule has 10 heteroatoms. The van der Waals surface area contributed by atoms with Gasteiger partial charge in [-0.3, -0.25) is 9.88 Å². The molecule has 1 saturated heterocycles. The molecule has 9 nitrogen and oxygen atoms in total. The number of hydrogen-bond acceptors (Lipinski definition) is 8. The minimum atomic E-state index is -3.57. The summed E-state index contributed by atoms with van der Waals surface area (Å²) in [6.07, 6.45) is 5.22. The van der Waals surface area contributed by atoms with Crippen LogP contribution in [-0.4, -0.2) is 53.1 Å². The lowest BCUT2D eigenvalue weighted by Crippen LogP contribution is -2.36. The highest BCUT2D eigenvalue weighted by Crippen LogP contribution is 2.31. The van der Waals surface area contributed by atoms with Crippen LogP contribution in [0.1, 0.15) is 18.4 Å². The number of likely N-dealkylation sites (tertiary alicyclic amines) is 1. The van der Waals surface area contributed by atoms with Crippen LogP contribution in [0.2, 0.25) is 0 Å². The van der Waals surface area contributed by atoms with Crippen molar-refractivity contribution in [1.82, 2.24) is 29.7 Å². The molecule has 0 aliphatic carbocycles. The Labute approximate surface area is 156 Å². The first kappa shape index (κ1) is 17.7. The van der Waals surface area contributed by atoms with E-state index in [-0.39, 0.29) is 17.0 Å². The largest absolute Gasteiger partial charge is 0.337 e. The second kappa shape index (κ2) is 7.14. The molecule has 1 aliphatic rings. The van der Waals surface area contributed by atoms with Crippen molar-refractivity contribution in [2.24, 2.45) is 0 Å². The van der Waals surface area contributed by atoms with Crippen molar-refractivity contribution >= 4 is 10.0 Å². The summed E-state index contributed by atoms with van der Waals surface area (Å²) in [5.74, 6) is 0.791. The zero-order chi connectivity index (χ0) is 18.9. The van der Waals surface area contributed by atoms with Crippen LogP contribution in [0.5, 0.6) is 0 Å². The Morgan fingerprint density at radius 1 is 1.22 bits per heavy atom. The van der Waals surface area contributed by atoms with Crippen molar-refractivity contribution in [3.63, 3.8) is 0 Å². The van der Waals surface area contributed by atoms with Gasteiger partial charge in [0.15, 0.2) is 0 Å². The van der Waals surface area contributed by atoms with Gasteiger partial charge in [0.05, 0.1) is 17.1 Å². The molecule has 4 rings (SSSR count). The van der Waals surface area contributed by atoms with E-state index in [0.717, 1.165) is 0 Å². The number of hydrogen-bond donors (Lipinski definition) is 1. The maximum atomic E-state index is 12.5. The number of nitrogens with one attached hydrogen (secondary N) is 1. The number of rotatable bonds is 5. The van der Waals surface area contributed by atoms with Crippen LogP contribution in [0.3, 0.4) is 0 Å². The van der Waals surface area contributed by atoms with Gasteiger partial charge in [0, 0.05) is 25.0 Å². The molecule has 2 atom stereocenters. The monoisotopic (exact) mass is 386 g/mol. The molecule has 2 aromatic heterocycles. The summed E-state index contributed by atoms with van der Waals surface area (Å²) >= 11 is 0. The lowest BCUT2D eigenvalue weighted by Gasteiger charge is -2.14. The van der Waals surface area contributed by atoms with Gasteiger partial charge < -0.3 is 4.52 Å². The maximum absolute atomic E-state index is 12.5. The van der Waals surface area contributed by atoms with E-state index in [9.17, 15) is 8.42 Å². The average molecular weight is 386 g/mol. The van der Waals surface area contributed by atoms with Crippen molar-refractivity contribution in [1.29, 1.82) is 0 Å². The summed E-state index contributed by atoms with van der Waals surface area (Å²) in [4.78, 5) is 14.8. The van der Waals surface area contributed by atoms with Gasteiger partial charge in [-0.25, -0.2) is 18.1 Å². The Balaban J connectivity index is 1.48. The number of benzene rings is 1. The zero-order valence-corrected chi connectivity index (χ0v) is 15.4. The molecule has 1 N–H and O–H groups in total. The van der Waals surface area contributed by atoms with Gasteiger partial charge in [0.2, 0.25) is 21.7 Å². The lowest BCUT2D eigenvalue weighted by molar-refractivity contribution is 0.244. The fourth-order valence-electron chi connectivity index (χ4n) is 3.15. The summed E-state index contributed by atoms with van der Waals surface area (Å²) in [5, 5.41) is 3.96. The molecule has 1 fully saturated rings. The topological polar surface area (TPSA) is 114 Å². The third kappa shape index (κ3) is 3.72. The second-order valence-corrected chi connectivity index (χ2v) is 8.08. The van der Waals surface area contributed by atoms with E-state index in [0.29, 0.717) is 30.4 Å². The average Bonchev–Trinajstić information content (AvgIpc) is 3.29. The zero-order valence-electron chi connectivity index (χ0n) is 14.6. The van der Waals surface area contributed by atoms with E-state index in [2.05, 4.69) is 24.8 Å². The first-order valence-electron chi connectivity index (χ1n) is 8.40. The highest BCUT2D eigenvalue weighted by molar-refractivity contribution is 7.89. The Bertz CT molecular complexity index is 1010. The predicted octanol–water partition coefficient (Wildman–Crippen LogP) is 1.25. The normalized spacial score (nSPS) is 20.8. The van der Waals surface area contributed by atoms with Crippen molar-refractivity contribution < 1.29 is 12.9 Å². The van der Waals surface area contributed by atoms with E-state index in [1.165, 1.54) is 0 Å². The van der Waals surface area contributed by atoms with E-state index < -0.39 is 10.0 Å². The van der Waals surface area contributed by atoms with Crippen LogP contribution >= 0.6 is 0 Å². The SMILES string of the molecule is CN1C[C@@H](NS(=O)(=O)c2ccccc2)C[C@H]1c1nc(-c2cnccn2)no1. The molecule has 0 amide bonds. The van der Waals surface area contributed by atoms with Crippen LogP contribution in [-0.2, 0) is 10.0 Å². The number of aromatic nitrogens is 4. The first-order chi connectivity index (χ1) is 13.0. The fourth-order valence-corrected chi connectivity index (χ4v) is 4.41. The number of sulfonamides is 1. The number of nitrogens with zero attached hydrogens (tertiary/aromatic N) is 5. The Kier molecular flexibility index (Phi) is 4.68. The molecule has 0 bridgehead atoms. The second-order valence-electron chi connectivity index (χ2n) is 6.37. The molecular weight excluding hydrogens is 368 g/mol. The van der Waals surface area contributed by atoms with Crippen LogP contribution in [0.4, 0.5) is 0 Å². The molecular formula is C17H18N6O3S. The van der Waals surface area contributed by atoms with Gasteiger partial charge in [-0.15, -0.1) is 0 Å². The molecule has 0 unspecified atom stereocenters. The minimum absolute atomic E-state index is 0.175. The molecule has 27 heavy (non-hydrogen) atoms. The Morgan fingerprint density at radius 3 is 2.78 bits per heavy atom. The summed E-state index contributed by atoms with van der Waals surface area (Å²) in [7, 11) is -1.68. The summed E-state index contributed by atoms with van der Waals surface area (Å²) < 4.78 is 33.2. The lowest BCUT2D eigenvalue weighted by atomic mass is 10.2. The molecule has 1 aliphatic heterocycles. The van der Waals surface area contributed by atoms with Crippen molar-refractivity contribution in [3.05, 3.63) is 54.8 Å². The highest BCUT2D eigenvalue weighted by atomic mass is 32.2. The van der Waals surface area contributed by atoms with Gasteiger partial charge in [0.1, 0.15) is 5.69 Å².